The number of aromatic amines is 1. The number of halogens is 4. The molecule has 0 radical (unpaired) electrons. The number of rotatable bonds is 12. The summed E-state index contributed by atoms with van der Waals surface area (Å²) in [7, 11) is 1.42. The number of carbonyl (C=O) groups is 2. The van der Waals surface area contributed by atoms with Gasteiger partial charge in [-0.15, -0.1) is 0 Å². The van der Waals surface area contributed by atoms with Gasteiger partial charge < -0.3 is 23.7 Å². The summed E-state index contributed by atoms with van der Waals surface area (Å²) in [6, 6.07) is 8.71. The van der Waals surface area contributed by atoms with Gasteiger partial charge in [-0.3, -0.25) is 5.32 Å². The van der Waals surface area contributed by atoms with Crippen molar-refractivity contribution < 1.29 is 47.0 Å². The zero-order chi connectivity index (χ0) is 32.9. The van der Waals surface area contributed by atoms with Crippen LogP contribution in [-0.2, 0) is 15.9 Å². The number of amides is 1. The Morgan fingerprint density at radius 2 is 1.71 bits per heavy atom. The van der Waals surface area contributed by atoms with Crippen molar-refractivity contribution in [1.82, 2.24) is 0 Å². The van der Waals surface area contributed by atoms with Crippen LogP contribution in [0.5, 0.6) is 17.2 Å². The lowest BCUT2D eigenvalue weighted by molar-refractivity contribution is -0.377. The predicted octanol–water partition coefficient (Wildman–Crippen LogP) is 7.94. The molecule has 2 N–H and O–H groups in total. The molecule has 1 fully saturated rings. The molecule has 4 rings (SSSR count). The minimum atomic E-state index is -3.07. The molecule has 1 aliphatic carbocycles. The molecule has 0 spiro atoms. The minimum absolute atomic E-state index is 0.0331. The second-order valence-corrected chi connectivity index (χ2v) is 12.5. The van der Waals surface area contributed by atoms with E-state index in [9.17, 15) is 18.4 Å². The first-order valence-corrected chi connectivity index (χ1v) is 14.9. The maximum absolute atomic E-state index is 13.6. The first-order chi connectivity index (χ1) is 21.2. The fraction of sp³-hybridized carbons (Fsp3) is 0.406. The Kier molecular flexibility index (Phi) is 11.0. The van der Waals surface area contributed by atoms with E-state index in [0.29, 0.717) is 39.6 Å². The van der Waals surface area contributed by atoms with Gasteiger partial charge in [-0.1, -0.05) is 36.2 Å². The monoisotopic (exact) mass is 667 g/mol. The molecule has 45 heavy (non-hydrogen) atoms. The summed E-state index contributed by atoms with van der Waals surface area (Å²) in [5, 5.41) is 3.19. The SMILES string of the molecule is COc1ccc(C(=O)O[C@@H](Cc2c(Cl)c[nH+]cc2Cl)c2ccc(OC(F)F)c(OCC3C[C@@H]3C)c2)cc1NC(=O)OC(C)(C)C. The van der Waals surface area contributed by atoms with Crippen molar-refractivity contribution in [3.8, 4) is 17.2 Å². The van der Waals surface area contributed by atoms with Crippen molar-refractivity contribution in [3.63, 3.8) is 0 Å². The number of nitrogens with one attached hydrogen (secondary N) is 2. The number of alkyl halides is 2. The van der Waals surface area contributed by atoms with Crippen molar-refractivity contribution in [2.45, 2.75) is 58.9 Å². The topological polar surface area (TPSA) is 106 Å². The van der Waals surface area contributed by atoms with E-state index in [1.807, 2.05) is 0 Å². The van der Waals surface area contributed by atoms with Gasteiger partial charge in [-0.2, -0.15) is 8.78 Å². The van der Waals surface area contributed by atoms with Crippen LogP contribution in [0, 0.1) is 11.8 Å². The van der Waals surface area contributed by atoms with E-state index in [4.69, 9.17) is 46.9 Å². The molecule has 13 heteroatoms. The lowest BCUT2D eigenvalue weighted by Gasteiger charge is -2.22. The Morgan fingerprint density at radius 3 is 2.31 bits per heavy atom. The number of aromatic nitrogens is 1. The smallest absolute Gasteiger partial charge is 0.412 e. The van der Waals surface area contributed by atoms with E-state index in [-0.39, 0.29) is 34.9 Å². The van der Waals surface area contributed by atoms with E-state index in [2.05, 4.69) is 17.2 Å². The van der Waals surface area contributed by atoms with Gasteiger partial charge in [0.2, 0.25) is 0 Å². The highest BCUT2D eigenvalue weighted by atomic mass is 35.5. The second kappa shape index (κ2) is 14.5. The Balaban J connectivity index is 1.67. The number of hydrogen-bond acceptors (Lipinski definition) is 7. The normalized spacial score (nSPS) is 16.5. The number of H-pyrrole nitrogens is 1. The van der Waals surface area contributed by atoms with E-state index in [1.165, 1.54) is 55.9 Å². The quantitative estimate of drug-likeness (QED) is 0.195. The molecule has 1 aliphatic rings. The highest BCUT2D eigenvalue weighted by molar-refractivity contribution is 6.35. The van der Waals surface area contributed by atoms with E-state index < -0.39 is 30.4 Å². The lowest BCUT2D eigenvalue weighted by atomic mass is 10.0. The van der Waals surface area contributed by atoms with Crippen molar-refractivity contribution >= 4 is 41.0 Å². The van der Waals surface area contributed by atoms with Gasteiger partial charge >= 0.3 is 18.7 Å². The van der Waals surface area contributed by atoms with E-state index in [0.717, 1.165) is 6.42 Å². The molecule has 1 amide bonds. The molecule has 1 unspecified atom stereocenters. The average Bonchev–Trinajstić information content (AvgIpc) is 3.67. The van der Waals surface area contributed by atoms with Crippen LogP contribution in [0.3, 0.4) is 0 Å². The molecule has 0 saturated heterocycles. The summed E-state index contributed by atoms with van der Waals surface area (Å²) in [6.45, 7) is 4.49. The number of esters is 1. The second-order valence-electron chi connectivity index (χ2n) is 11.6. The maximum Gasteiger partial charge on any atom is 0.412 e. The van der Waals surface area contributed by atoms with Crippen LogP contribution in [-0.4, -0.2) is 38.0 Å². The predicted molar refractivity (Wildman–Crippen MR) is 164 cm³/mol. The van der Waals surface area contributed by atoms with Crippen LogP contribution >= 0.6 is 23.2 Å². The Bertz CT molecular complexity index is 1510. The van der Waals surface area contributed by atoms with Gasteiger partial charge in [-0.05, 0) is 74.9 Å². The van der Waals surface area contributed by atoms with Crippen molar-refractivity contribution in [3.05, 3.63) is 75.5 Å². The first-order valence-electron chi connectivity index (χ1n) is 14.2. The number of hydrogen-bond donors (Lipinski definition) is 1. The fourth-order valence-corrected chi connectivity index (χ4v) is 5.02. The third-order valence-corrected chi connectivity index (χ3v) is 7.67. The number of pyridine rings is 1. The Labute approximate surface area is 270 Å². The summed E-state index contributed by atoms with van der Waals surface area (Å²) in [6.07, 6.45) is 2.33. The summed E-state index contributed by atoms with van der Waals surface area (Å²) in [5.74, 6) is 0.241. The summed E-state index contributed by atoms with van der Waals surface area (Å²) in [5.41, 5.74) is 0.417. The van der Waals surface area contributed by atoms with Crippen LogP contribution < -0.4 is 24.5 Å². The molecule has 0 aliphatic heterocycles. The minimum Gasteiger partial charge on any atom is -0.495 e. The van der Waals surface area contributed by atoms with Crippen molar-refractivity contribution in [2.75, 3.05) is 19.0 Å². The van der Waals surface area contributed by atoms with Crippen LogP contribution in [0.2, 0.25) is 10.0 Å². The zero-order valence-electron chi connectivity index (χ0n) is 25.4. The van der Waals surface area contributed by atoms with Gasteiger partial charge in [-0.25, -0.2) is 14.6 Å². The van der Waals surface area contributed by atoms with Gasteiger partial charge in [0.15, 0.2) is 23.9 Å². The average molecular weight is 669 g/mol. The largest absolute Gasteiger partial charge is 0.495 e. The molecule has 1 saturated carbocycles. The third-order valence-electron chi connectivity index (χ3n) is 6.99. The van der Waals surface area contributed by atoms with Gasteiger partial charge in [0, 0.05) is 12.0 Å². The molecule has 1 aromatic heterocycles. The van der Waals surface area contributed by atoms with E-state index in [1.54, 1.807) is 20.8 Å². The molecule has 3 aromatic rings. The molecule has 242 valence electrons. The van der Waals surface area contributed by atoms with Crippen LogP contribution in [0.1, 0.15) is 61.7 Å². The summed E-state index contributed by atoms with van der Waals surface area (Å²) >= 11 is 12.9. The van der Waals surface area contributed by atoms with Gasteiger partial charge in [0.25, 0.3) is 0 Å². The molecular formula is C32H35Cl2F2N2O7+. The standard InChI is InChI=1S/C32H34Cl2F2N2O7/c1-17-10-20(17)16-42-28-12-18(6-9-26(28)44-30(35)36)27(13-21-22(33)14-37-15-23(21)34)43-29(39)19-7-8-25(41-5)24(11-19)38-31(40)45-32(2,3)4/h6-9,11-12,14-15,17,20,27,30H,10,13,16H2,1-5H3,(H,38,40)/p+1/t17-,20?,27-/m0/s1. The number of methoxy groups -OCH3 is 1. The summed E-state index contributed by atoms with van der Waals surface area (Å²) in [4.78, 5) is 28.9. The molecule has 2 aromatic carbocycles. The highest BCUT2D eigenvalue weighted by Crippen LogP contribution is 2.41. The van der Waals surface area contributed by atoms with Crippen LogP contribution in [0.4, 0.5) is 19.3 Å². The number of benzene rings is 2. The fourth-order valence-electron chi connectivity index (χ4n) is 4.49. The molecule has 0 bridgehead atoms. The molecule has 1 heterocycles. The third kappa shape index (κ3) is 9.58. The number of anilines is 1. The highest BCUT2D eigenvalue weighted by Gasteiger charge is 2.33. The molecule has 9 nitrogen and oxygen atoms in total. The molecular weight excluding hydrogens is 633 g/mol. The number of ether oxygens (including phenoxy) is 5. The Hall–Kier alpha value is -3.83. The first kappa shape index (κ1) is 34.1. The summed E-state index contributed by atoms with van der Waals surface area (Å²) < 4.78 is 53.6. The van der Waals surface area contributed by atoms with Crippen molar-refractivity contribution in [1.29, 1.82) is 0 Å². The van der Waals surface area contributed by atoms with Gasteiger partial charge in [0.1, 0.15) is 27.5 Å². The van der Waals surface area contributed by atoms with Crippen molar-refractivity contribution in [2.24, 2.45) is 11.8 Å². The molecule has 3 atom stereocenters. The Morgan fingerprint density at radius 1 is 1.04 bits per heavy atom. The van der Waals surface area contributed by atoms with Crippen LogP contribution in [0.15, 0.2) is 48.8 Å². The van der Waals surface area contributed by atoms with Gasteiger partial charge in [0.05, 0.1) is 25.0 Å². The number of carbonyl (C=O) groups excluding carboxylic acids is 2. The van der Waals surface area contributed by atoms with E-state index >= 15 is 0 Å². The van der Waals surface area contributed by atoms with Crippen LogP contribution in [0.25, 0.3) is 0 Å². The lowest BCUT2D eigenvalue weighted by Crippen LogP contribution is -2.27. The maximum atomic E-state index is 13.6. The zero-order valence-corrected chi connectivity index (χ0v) is 26.9.